The number of halogens is 1. The predicted molar refractivity (Wildman–Crippen MR) is 152 cm³/mol. The van der Waals surface area contributed by atoms with E-state index in [2.05, 4.69) is 44.7 Å². The summed E-state index contributed by atoms with van der Waals surface area (Å²) >= 11 is 0. The van der Waals surface area contributed by atoms with Crippen LogP contribution in [0.1, 0.15) is 66.9 Å². The Morgan fingerprint density at radius 1 is 1.18 bits per heavy atom. The van der Waals surface area contributed by atoms with Crippen LogP contribution in [0.2, 0.25) is 0 Å². The highest BCUT2D eigenvalue weighted by molar-refractivity contribution is 5.85. The summed E-state index contributed by atoms with van der Waals surface area (Å²) < 4.78 is 18.9. The van der Waals surface area contributed by atoms with Gasteiger partial charge in [0.25, 0.3) is 0 Å². The molecule has 1 heterocycles. The Bertz CT molecular complexity index is 1200. The van der Waals surface area contributed by atoms with Crippen molar-refractivity contribution in [3.8, 4) is 11.8 Å². The standard InChI is InChI=1S/C29H41FN6O3/c1-9-16-31-24-21(19-33-26(35-24)34-23-12-10-11-22(30)18-23)13-14-29(6,7)15-17-32-25(37)20(2)36(8)27(38)39-28(3,4)5/h10-12,18-20H,9,15-17H2,1-8H3,(H,32,37)(H2,31,33,34,35)/t20-/m0/s1. The summed E-state index contributed by atoms with van der Waals surface area (Å²) in [6.07, 6.45) is 2.57. The SMILES string of the molecule is CCCNc1nc(Nc2cccc(F)c2)ncc1C#CC(C)(C)CCNC(=O)[C@H](C)N(C)C(=O)OC(C)(C)C. The van der Waals surface area contributed by atoms with E-state index in [-0.39, 0.29) is 11.7 Å². The van der Waals surface area contributed by atoms with E-state index in [4.69, 9.17) is 4.74 Å². The molecule has 0 radical (unpaired) electrons. The molecule has 9 nitrogen and oxygen atoms in total. The highest BCUT2D eigenvalue weighted by Crippen LogP contribution is 2.21. The number of carbonyl (C=O) groups is 2. The molecule has 0 saturated heterocycles. The number of benzene rings is 1. The summed E-state index contributed by atoms with van der Waals surface area (Å²) in [5.74, 6) is 6.73. The van der Waals surface area contributed by atoms with E-state index < -0.39 is 23.2 Å². The lowest BCUT2D eigenvalue weighted by molar-refractivity contribution is -0.125. The van der Waals surface area contributed by atoms with Crippen LogP contribution in [0.5, 0.6) is 0 Å². The number of anilines is 3. The number of aromatic nitrogens is 2. The molecule has 0 aliphatic heterocycles. The molecule has 0 spiro atoms. The molecule has 0 fully saturated rings. The van der Waals surface area contributed by atoms with Gasteiger partial charge in [-0.1, -0.05) is 24.8 Å². The zero-order valence-corrected chi connectivity index (χ0v) is 24.2. The van der Waals surface area contributed by atoms with E-state index in [0.717, 1.165) is 6.42 Å². The monoisotopic (exact) mass is 540 g/mol. The minimum Gasteiger partial charge on any atom is -0.444 e. The Balaban J connectivity index is 2.03. The third-order valence-electron chi connectivity index (χ3n) is 5.64. The van der Waals surface area contributed by atoms with Crippen LogP contribution in [0.25, 0.3) is 0 Å². The maximum atomic E-state index is 13.5. The summed E-state index contributed by atoms with van der Waals surface area (Å²) in [5.41, 5.74) is 0.121. The van der Waals surface area contributed by atoms with Crippen molar-refractivity contribution in [1.82, 2.24) is 20.2 Å². The van der Waals surface area contributed by atoms with Gasteiger partial charge in [0.15, 0.2) is 0 Å². The van der Waals surface area contributed by atoms with Crippen molar-refractivity contribution in [3.63, 3.8) is 0 Å². The average Bonchev–Trinajstić information content (AvgIpc) is 2.84. The van der Waals surface area contributed by atoms with Crippen LogP contribution in [0.3, 0.4) is 0 Å². The third-order valence-corrected chi connectivity index (χ3v) is 5.64. The number of amides is 2. The van der Waals surface area contributed by atoms with Gasteiger partial charge in [0, 0.05) is 31.2 Å². The summed E-state index contributed by atoms with van der Waals surface area (Å²) in [5, 5.41) is 9.17. The first-order valence-corrected chi connectivity index (χ1v) is 13.1. The molecule has 1 atom stereocenters. The number of hydrogen-bond acceptors (Lipinski definition) is 7. The molecule has 2 rings (SSSR count). The number of likely N-dealkylation sites (N-methyl/N-ethyl adjacent to an activating group) is 1. The highest BCUT2D eigenvalue weighted by Gasteiger charge is 2.27. The molecular formula is C29H41FN6O3. The van der Waals surface area contributed by atoms with Crippen molar-refractivity contribution in [2.75, 3.05) is 30.8 Å². The Morgan fingerprint density at radius 2 is 1.90 bits per heavy atom. The molecule has 0 aliphatic rings. The van der Waals surface area contributed by atoms with Crippen molar-refractivity contribution >= 4 is 29.5 Å². The van der Waals surface area contributed by atoms with Gasteiger partial charge in [-0.3, -0.25) is 9.69 Å². The van der Waals surface area contributed by atoms with Crippen LogP contribution in [0.15, 0.2) is 30.5 Å². The predicted octanol–water partition coefficient (Wildman–Crippen LogP) is 5.32. The first-order chi connectivity index (χ1) is 18.2. The van der Waals surface area contributed by atoms with Crippen molar-refractivity contribution in [2.45, 2.75) is 73.0 Å². The lowest BCUT2D eigenvalue weighted by Crippen LogP contribution is -2.47. The van der Waals surface area contributed by atoms with Crippen LogP contribution in [-0.2, 0) is 9.53 Å². The normalized spacial score (nSPS) is 12.0. The van der Waals surface area contributed by atoms with Gasteiger partial charge in [0.2, 0.25) is 11.9 Å². The van der Waals surface area contributed by atoms with Gasteiger partial charge in [-0.25, -0.2) is 14.2 Å². The van der Waals surface area contributed by atoms with Crippen LogP contribution < -0.4 is 16.0 Å². The van der Waals surface area contributed by atoms with Crippen LogP contribution >= 0.6 is 0 Å². The topological polar surface area (TPSA) is 108 Å². The average molecular weight is 541 g/mol. The Labute approximate surface area is 231 Å². The smallest absolute Gasteiger partial charge is 0.410 e. The van der Waals surface area contributed by atoms with E-state index >= 15 is 0 Å². The van der Waals surface area contributed by atoms with Gasteiger partial charge in [-0.15, -0.1) is 0 Å². The molecule has 1 aromatic carbocycles. The summed E-state index contributed by atoms with van der Waals surface area (Å²) in [7, 11) is 1.54. The molecule has 2 aromatic rings. The van der Waals surface area contributed by atoms with Gasteiger partial charge in [-0.2, -0.15) is 4.98 Å². The lowest BCUT2D eigenvalue weighted by Gasteiger charge is -2.28. The van der Waals surface area contributed by atoms with Gasteiger partial charge in [0.05, 0.1) is 11.8 Å². The molecule has 2 amide bonds. The molecule has 1 aromatic heterocycles. The number of nitrogens with one attached hydrogen (secondary N) is 3. The molecule has 39 heavy (non-hydrogen) atoms. The molecule has 212 valence electrons. The van der Waals surface area contributed by atoms with Crippen molar-refractivity contribution in [3.05, 3.63) is 41.8 Å². The first kappa shape index (κ1) is 31.3. The molecular weight excluding hydrogens is 499 g/mol. The minimum atomic E-state index is -0.683. The van der Waals surface area contributed by atoms with Crippen molar-refractivity contribution in [2.24, 2.45) is 5.41 Å². The molecule has 0 saturated carbocycles. The summed E-state index contributed by atoms with van der Waals surface area (Å²) in [6.45, 7) is 14.1. The second-order valence-corrected chi connectivity index (χ2v) is 11.0. The minimum absolute atomic E-state index is 0.270. The number of nitrogens with zero attached hydrogens (tertiary/aromatic N) is 3. The van der Waals surface area contributed by atoms with Crippen molar-refractivity contribution in [1.29, 1.82) is 0 Å². The third kappa shape index (κ3) is 10.8. The second-order valence-electron chi connectivity index (χ2n) is 11.0. The van der Waals surface area contributed by atoms with Crippen molar-refractivity contribution < 1.29 is 18.7 Å². The Hall–Kier alpha value is -3.87. The Kier molecular flexibility index (Phi) is 11.1. The molecule has 0 aliphatic carbocycles. The van der Waals surface area contributed by atoms with E-state index in [0.29, 0.717) is 42.5 Å². The number of rotatable bonds is 10. The maximum absolute atomic E-state index is 13.5. The van der Waals surface area contributed by atoms with Crippen LogP contribution in [-0.4, -0.2) is 58.6 Å². The zero-order chi connectivity index (χ0) is 29.2. The molecule has 0 unspecified atom stereocenters. The fourth-order valence-corrected chi connectivity index (χ4v) is 3.22. The number of hydrogen-bond donors (Lipinski definition) is 3. The summed E-state index contributed by atoms with van der Waals surface area (Å²) in [6, 6.07) is 5.40. The maximum Gasteiger partial charge on any atom is 0.410 e. The summed E-state index contributed by atoms with van der Waals surface area (Å²) in [4.78, 5) is 35.0. The van der Waals surface area contributed by atoms with Gasteiger partial charge in [0.1, 0.15) is 23.3 Å². The largest absolute Gasteiger partial charge is 0.444 e. The fraction of sp³-hybridized carbons (Fsp3) is 0.517. The number of ether oxygens (including phenoxy) is 1. The van der Waals surface area contributed by atoms with E-state index in [1.165, 1.54) is 17.0 Å². The van der Waals surface area contributed by atoms with E-state index in [1.807, 2.05) is 13.8 Å². The number of carbonyl (C=O) groups excluding carboxylic acids is 2. The van der Waals surface area contributed by atoms with Gasteiger partial charge in [-0.05, 0) is 72.6 Å². The highest BCUT2D eigenvalue weighted by atomic mass is 19.1. The first-order valence-electron chi connectivity index (χ1n) is 13.1. The van der Waals surface area contributed by atoms with E-state index in [9.17, 15) is 14.0 Å². The van der Waals surface area contributed by atoms with Gasteiger partial charge < -0.3 is 20.7 Å². The lowest BCUT2D eigenvalue weighted by atomic mass is 9.90. The Morgan fingerprint density at radius 3 is 2.54 bits per heavy atom. The molecule has 0 bridgehead atoms. The quantitative estimate of drug-likeness (QED) is 0.350. The van der Waals surface area contributed by atoms with Crippen LogP contribution in [0, 0.1) is 23.1 Å². The van der Waals surface area contributed by atoms with Crippen LogP contribution in [0.4, 0.5) is 26.6 Å². The van der Waals surface area contributed by atoms with E-state index in [1.54, 1.807) is 53.1 Å². The molecule has 3 N–H and O–H groups in total. The fourth-order valence-electron chi connectivity index (χ4n) is 3.22. The zero-order valence-electron chi connectivity index (χ0n) is 24.2. The molecule has 10 heteroatoms. The second kappa shape index (κ2) is 13.8. The van der Waals surface area contributed by atoms with Gasteiger partial charge >= 0.3 is 6.09 Å².